The van der Waals surface area contributed by atoms with Crippen LogP contribution in [0.2, 0.25) is 0 Å². The third kappa shape index (κ3) is 2.99. The third-order valence-corrected chi connectivity index (χ3v) is 4.27. The fraction of sp³-hybridized carbons (Fsp3) is 0.647. The number of ether oxygens (including phenoxy) is 2. The van der Waals surface area contributed by atoms with E-state index in [0.29, 0.717) is 12.1 Å². The van der Waals surface area contributed by atoms with Crippen LogP contribution in [0.3, 0.4) is 0 Å². The maximum Gasteiger partial charge on any atom is 0.122 e. The Balaban J connectivity index is 1.80. The lowest BCUT2D eigenvalue weighted by Gasteiger charge is -2.31. The van der Waals surface area contributed by atoms with Gasteiger partial charge in [0.2, 0.25) is 0 Å². The maximum absolute atomic E-state index is 6.02. The van der Waals surface area contributed by atoms with Gasteiger partial charge >= 0.3 is 0 Å². The van der Waals surface area contributed by atoms with E-state index in [1.54, 1.807) is 0 Å². The van der Waals surface area contributed by atoms with Crippen LogP contribution >= 0.6 is 0 Å². The number of rotatable bonds is 5. The van der Waals surface area contributed by atoms with Crippen LogP contribution in [-0.4, -0.2) is 25.9 Å². The Labute approximate surface area is 121 Å². The molecule has 3 nitrogen and oxygen atoms in total. The monoisotopic (exact) mass is 275 g/mol. The van der Waals surface area contributed by atoms with Crippen molar-refractivity contribution in [3.05, 3.63) is 29.3 Å². The highest BCUT2D eigenvalue weighted by molar-refractivity contribution is 5.41. The summed E-state index contributed by atoms with van der Waals surface area (Å²) < 4.78 is 11.6. The van der Waals surface area contributed by atoms with Crippen LogP contribution < -0.4 is 10.1 Å². The van der Waals surface area contributed by atoms with Crippen LogP contribution in [0.5, 0.6) is 5.75 Å². The van der Waals surface area contributed by atoms with Crippen molar-refractivity contribution < 1.29 is 9.47 Å². The molecule has 0 aromatic heterocycles. The average molecular weight is 275 g/mol. The number of fused-ring (bicyclic) bond motifs is 1. The number of benzene rings is 1. The van der Waals surface area contributed by atoms with Gasteiger partial charge in [0.25, 0.3) is 0 Å². The van der Waals surface area contributed by atoms with Crippen molar-refractivity contribution in [1.82, 2.24) is 5.32 Å². The lowest BCUT2D eigenvalue weighted by atomic mass is 9.94. The first-order valence-electron chi connectivity index (χ1n) is 7.99. The number of hydrogen-bond donors (Lipinski definition) is 1. The van der Waals surface area contributed by atoms with Gasteiger partial charge < -0.3 is 14.8 Å². The van der Waals surface area contributed by atoms with Crippen LogP contribution in [-0.2, 0) is 11.2 Å². The zero-order valence-electron chi connectivity index (χ0n) is 12.4. The van der Waals surface area contributed by atoms with Gasteiger partial charge in [0, 0.05) is 13.0 Å². The summed E-state index contributed by atoms with van der Waals surface area (Å²) in [6, 6.07) is 6.96. The van der Waals surface area contributed by atoms with Gasteiger partial charge in [0.15, 0.2) is 0 Å². The molecule has 3 rings (SSSR count). The second-order valence-corrected chi connectivity index (χ2v) is 5.80. The van der Waals surface area contributed by atoms with Crippen molar-refractivity contribution in [1.29, 1.82) is 0 Å². The van der Waals surface area contributed by atoms with E-state index in [-0.39, 0.29) is 0 Å². The second kappa shape index (κ2) is 6.59. The molecule has 1 aromatic rings. The van der Waals surface area contributed by atoms with Crippen molar-refractivity contribution in [2.75, 3.05) is 19.8 Å². The first-order valence-corrected chi connectivity index (χ1v) is 7.99. The summed E-state index contributed by atoms with van der Waals surface area (Å²) in [7, 11) is 0. The Hall–Kier alpha value is -1.06. The van der Waals surface area contributed by atoms with E-state index in [0.717, 1.165) is 44.8 Å². The normalized spacial score (nSPS) is 23.1. The van der Waals surface area contributed by atoms with Crippen molar-refractivity contribution in [2.24, 2.45) is 0 Å². The van der Waals surface area contributed by atoms with E-state index >= 15 is 0 Å². The molecule has 20 heavy (non-hydrogen) atoms. The van der Waals surface area contributed by atoms with E-state index < -0.39 is 0 Å². The molecule has 1 N–H and O–H groups in total. The standard InChI is InChI=1S/C17H25NO2/c1-2-9-18-17(16-5-3-4-10-19-16)14-6-7-15-13(12-14)8-11-20-15/h6-7,12,16-18H,2-5,8-11H2,1H3. The predicted molar refractivity (Wildman–Crippen MR) is 80.3 cm³/mol. The molecule has 2 aliphatic heterocycles. The molecule has 0 aliphatic carbocycles. The quantitative estimate of drug-likeness (QED) is 0.895. The molecule has 0 spiro atoms. The van der Waals surface area contributed by atoms with Gasteiger partial charge in [-0.1, -0.05) is 19.1 Å². The first-order chi connectivity index (χ1) is 9.88. The summed E-state index contributed by atoms with van der Waals surface area (Å²) in [5.74, 6) is 1.06. The molecule has 110 valence electrons. The van der Waals surface area contributed by atoms with Gasteiger partial charge in [-0.05, 0) is 49.4 Å². The van der Waals surface area contributed by atoms with E-state index in [2.05, 4.69) is 30.4 Å². The highest BCUT2D eigenvalue weighted by Crippen LogP contribution is 2.32. The third-order valence-electron chi connectivity index (χ3n) is 4.27. The topological polar surface area (TPSA) is 30.5 Å². The highest BCUT2D eigenvalue weighted by Gasteiger charge is 2.26. The molecule has 2 atom stereocenters. The molecular weight excluding hydrogens is 250 g/mol. The lowest BCUT2D eigenvalue weighted by Crippen LogP contribution is -2.36. The van der Waals surface area contributed by atoms with Crippen molar-refractivity contribution in [3.63, 3.8) is 0 Å². The zero-order valence-corrected chi connectivity index (χ0v) is 12.4. The summed E-state index contributed by atoms with van der Waals surface area (Å²) in [5.41, 5.74) is 2.70. The van der Waals surface area contributed by atoms with Gasteiger partial charge in [-0.15, -0.1) is 0 Å². The second-order valence-electron chi connectivity index (χ2n) is 5.80. The van der Waals surface area contributed by atoms with Crippen LogP contribution in [0.25, 0.3) is 0 Å². The van der Waals surface area contributed by atoms with E-state index in [4.69, 9.17) is 9.47 Å². The van der Waals surface area contributed by atoms with Crippen LogP contribution in [0.15, 0.2) is 18.2 Å². The van der Waals surface area contributed by atoms with Crippen LogP contribution in [0, 0.1) is 0 Å². The van der Waals surface area contributed by atoms with Crippen LogP contribution in [0.4, 0.5) is 0 Å². The SMILES string of the molecule is CCCNC(c1ccc2c(c1)CCO2)C1CCCCO1. The van der Waals surface area contributed by atoms with Gasteiger partial charge in [0.1, 0.15) is 5.75 Å². The van der Waals surface area contributed by atoms with Crippen molar-refractivity contribution >= 4 is 0 Å². The Kier molecular flexibility index (Phi) is 4.58. The van der Waals surface area contributed by atoms with Crippen molar-refractivity contribution in [3.8, 4) is 5.75 Å². The smallest absolute Gasteiger partial charge is 0.122 e. The van der Waals surface area contributed by atoms with Gasteiger partial charge in [-0.2, -0.15) is 0 Å². The number of hydrogen-bond acceptors (Lipinski definition) is 3. The van der Waals surface area contributed by atoms with Gasteiger partial charge in [0.05, 0.1) is 18.8 Å². The van der Waals surface area contributed by atoms with E-state index in [1.807, 2.05) is 0 Å². The molecule has 1 saturated heterocycles. The fourth-order valence-corrected chi connectivity index (χ4v) is 3.19. The minimum absolute atomic E-state index is 0.315. The number of nitrogens with one attached hydrogen (secondary N) is 1. The average Bonchev–Trinajstić information content (AvgIpc) is 2.96. The lowest BCUT2D eigenvalue weighted by molar-refractivity contribution is -0.00816. The molecule has 2 heterocycles. The Morgan fingerprint density at radius 3 is 3.05 bits per heavy atom. The molecule has 1 aromatic carbocycles. The summed E-state index contributed by atoms with van der Waals surface area (Å²) in [6.45, 7) is 4.98. The van der Waals surface area contributed by atoms with E-state index in [9.17, 15) is 0 Å². The maximum atomic E-state index is 6.02. The largest absolute Gasteiger partial charge is 0.493 e. The summed E-state index contributed by atoms with van der Waals surface area (Å²) in [5, 5.41) is 3.68. The minimum Gasteiger partial charge on any atom is -0.493 e. The Morgan fingerprint density at radius 2 is 2.25 bits per heavy atom. The highest BCUT2D eigenvalue weighted by atomic mass is 16.5. The summed E-state index contributed by atoms with van der Waals surface area (Å²) >= 11 is 0. The van der Waals surface area contributed by atoms with Crippen LogP contribution in [0.1, 0.15) is 49.8 Å². The molecule has 2 aliphatic rings. The zero-order chi connectivity index (χ0) is 13.8. The van der Waals surface area contributed by atoms with Gasteiger partial charge in [-0.3, -0.25) is 0 Å². The molecule has 0 radical (unpaired) electrons. The summed E-state index contributed by atoms with van der Waals surface area (Å²) in [4.78, 5) is 0. The molecular formula is C17H25NO2. The molecule has 0 saturated carbocycles. The summed E-state index contributed by atoms with van der Waals surface area (Å²) in [6.07, 6.45) is 6.15. The van der Waals surface area contributed by atoms with E-state index in [1.165, 1.54) is 24.0 Å². The minimum atomic E-state index is 0.315. The van der Waals surface area contributed by atoms with Crippen molar-refractivity contribution in [2.45, 2.75) is 51.2 Å². The Morgan fingerprint density at radius 1 is 1.30 bits per heavy atom. The molecule has 1 fully saturated rings. The fourth-order valence-electron chi connectivity index (χ4n) is 3.19. The Bertz CT molecular complexity index is 441. The van der Waals surface area contributed by atoms with Gasteiger partial charge in [-0.25, -0.2) is 0 Å². The molecule has 0 bridgehead atoms. The predicted octanol–water partition coefficient (Wildman–Crippen LogP) is 3.23. The molecule has 0 amide bonds. The first kappa shape index (κ1) is 13.9. The molecule has 3 heteroatoms. The molecule has 2 unspecified atom stereocenters.